The average Bonchev–Trinajstić information content (AvgIpc) is 3.16. The summed E-state index contributed by atoms with van der Waals surface area (Å²) in [5.41, 5.74) is 0.258. The van der Waals surface area contributed by atoms with E-state index < -0.39 is 29.4 Å². The first-order chi connectivity index (χ1) is 12.0. The first-order valence-corrected chi connectivity index (χ1v) is 7.88. The lowest BCUT2D eigenvalue weighted by Crippen LogP contribution is -2.43. The molecule has 0 bridgehead atoms. The normalized spacial score (nSPS) is 15.9. The molecule has 0 aromatic carbocycles. The molecule has 3 rings (SSSR count). The number of nitrogens with one attached hydrogen (secondary N) is 1. The second-order valence-corrected chi connectivity index (χ2v) is 6.34. The van der Waals surface area contributed by atoms with Crippen molar-refractivity contribution in [2.75, 3.05) is 0 Å². The molecule has 0 spiro atoms. The Morgan fingerprint density at radius 3 is 2.46 bits per heavy atom. The molecule has 1 aliphatic carbocycles. The highest BCUT2D eigenvalue weighted by atomic mass is 19.4. The van der Waals surface area contributed by atoms with Gasteiger partial charge in [-0.05, 0) is 38.7 Å². The van der Waals surface area contributed by atoms with Gasteiger partial charge in [-0.2, -0.15) is 18.2 Å². The molecule has 2 N–H and O–H groups in total. The Morgan fingerprint density at radius 2 is 1.92 bits per heavy atom. The fourth-order valence-corrected chi connectivity index (χ4v) is 2.78. The second kappa shape index (κ2) is 5.92. The van der Waals surface area contributed by atoms with E-state index in [1.165, 1.54) is 0 Å². The molecule has 1 aliphatic rings. The lowest BCUT2D eigenvalue weighted by atomic mass is 10.1. The summed E-state index contributed by atoms with van der Waals surface area (Å²) >= 11 is 0. The van der Waals surface area contributed by atoms with Crippen LogP contribution in [-0.2, 0) is 22.2 Å². The maximum absolute atomic E-state index is 12.8. The van der Waals surface area contributed by atoms with Crippen molar-refractivity contribution in [2.24, 2.45) is 0 Å². The standard InChI is InChI=1S/C15H16F3N5O3/c1-7-9(3-4-10(24)21-14(5-6-14)12(25)26)8(2)23-13(19-7)20-11(22-23)15(16,17)18/h3-6H2,1-2H3,(H,21,24)(H,25,26). The van der Waals surface area contributed by atoms with Crippen molar-refractivity contribution in [3.63, 3.8) is 0 Å². The van der Waals surface area contributed by atoms with Crippen LogP contribution in [0.2, 0.25) is 0 Å². The summed E-state index contributed by atoms with van der Waals surface area (Å²) in [7, 11) is 0. The maximum Gasteiger partial charge on any atom is 0.453 e. The van der Waals surface area contributed by atoms with Gasteiger partial charge >= 0.3 is 12.1 Å². The number of hydrogen-bond acceptors (Lipinski definition) is 5. The van der Waals surface area contributed by atoms with Crippen LogP contribution in [0.1, 0.15) is 42.0 Å². The fourth-order valence-electron chi connectivity index (χ4n) is 2.78. The molecule has 0 saturated heterocycles. The van der Waals surface area contributed by atoms with Crippen molar-refractivity contribution in [3.05, 3.63) is 22.8 Å². The fraction of sp³-hybridized carbons (Fsp3) is 0.533. The molecule has 11 heteroatoms. The third-order valence-electron chi connectivity index (χ3n) is 4.44. The number of amides is 1. The third kappa shape index (κ3) is 3.20. The molecule has 2 aromatic rings. The van der Waals surface area contributed by atoms with Gasteiger partial charge in [0.15, 0.2) is 0 Å². The molecule has 1 saturated carbocycles. The number of aliphatic carboxylic acids is 1. The lowest BCUT2D eigenvalue weighted by Gasteiger charge is -2.13. The Bertz CT molecular complexity index is 902. The van der Waals surface area contributed by atoms with Crippen LogP contribution in [0.15, 0.2) is 0 Å². The number of hydrogen-bond donors (Lipinski definition) is 2. The minimum Gasteiger partial charge on any atom is -0.480 e. The van der Waals surface area contributed by atoms with Gasteiger partial charge in [-0.1, -0.05) is 0 Å². The van der Waals surface area contributed by atoms with Crippen LogP contribution in [0.5, 0.6) is 0 Å². The van der Waals surface area contributed by atoms with Gasteiger partial charge in [-0.25, -0.2) is 14.3 Å². The molecule has 0 unspecified atom stereocenters. The van der Waals surface area contributed by atoms with Crippen LogP contribution < -0.4 is 5.32 Å². The third-order valence-corrected chi connectivity index (χ3v) is 4.44. The van der Waals surface area contributed by atoms with Gasteiger partial charge in [-0.3, -0.25) is 4.79 Å². The molecule has 0 atom stereocenters. The van der Waals surface area contributed by atoms with Crippen LogP contribution in [0.4, 0.5) is 13.2 Å². The van der Waals surface area contributed by atoms with Crippen LogP contribution >= 0.6 is 0 Å². The van der Waals surface area contributed by atoms with Crippen LogP contribution in [-0.4, -0.2) is 42.1 Å². The number of aryl methyl sites for hydroxylation is 2. The van der Waals surface area contributed by atoms with Crippen molar-refractivity contribution >= 4 is 17.7 Å². The highest BCUT2D eigenvalue weighted by Crippen LogP contribution is 2.35. The molecule has 26 heavy (non-hydrogen) atoms. The Morgan fingerprint density at radius 1 is 1.27 bits per heavy atom. The van der Waals surface area contributed by atoms with Crippen LogP contribution in [0.3, 0.4) is 0 Å². The molecule has 0 radical (unpaired) electrons. The number of carbonyl (C=O) groups is 2. The van der Waals surface area contributed by atoms with E-state index >= 15 is 0 Å². The van der Waals surface area contributed by atoms with E-state index in [-0.39, 0.29) is 18.6 Å². The number of carbonyl (C=O) groups excluding carboxylic acids is 1. The molecule has 140 valence electrons. The van der Waals surface area contributed by atoms with E-state index in [2.05, 4.69) is 20.4 Å². The van der Waals surface area contributed by atoms with Crippen molar-refractivity contribution in [1.29, 1.82) is 0 Å². The summed E-state index contributed by atoms with van der Waals surface area (Å²) in [6, 6.07) is 0. The summed E-state index contributed by atoms with van der Waals surface area (Å²) in [6.45, 7) is 3.19. The summed E-state index contributed by atoms with van der Waals surface area (Å²) in [5.74, 6) is -2.94. The minimum atomic E-state index is -4.68. The number of fused-ring (bicyclic) bond motifs is 1. The molecule has 8 nitrogen and oxygen atoms in total. The highest BCUT2D eigenvalue weighted by molar-refractivity contribution is 5.89. The number of nitrogens with zero attached hydrogens (tertiary/aromatic N) is 4. The van der Waals surface area contributed by atoms with E-state index in [4.69, 9.17) is 5.11 Å². The number of carboxylic acids is 1. The summed E-state index contributed by atoms with van der Waals surface area (Å²) in [5, 5.41) is 15.0. The molecule has 0 aliphatic heterocycles. The zero-order chi connectivity index (χ0) is 19.3. The van der Waals surface area contributed by atoms with Gasteiger partial charge in [0.2, 0.25) is 5.91 Å². The predicted octanol–water partition coefficient (Wildman–Crippen LogP) is 1.43. The first kappa shape index (κ1) is 18.1. The first-order valence-electron chi connectivity index (χ1n) is 7.88. The molecule has 1 fully saturated rings. The van der Waals surface area contributed by atoms with Gasteiger partial charge in [0.05, 0.1) is 0 Å². The van der Waals surface area contributed by atoms with Crippen LogP contribution in [0.25, 0.3) is 5.78 Å². The van der Waals surface area contributed by atoms with Crippen molar-refractivity contribution in [3.8, 4) is 0 Å². The molecule has 2 heterocycles. The topological polar surface area (TPSA) is 109 Å². The number of halogens is 3. The molecular weight excluding hydrogens is 355 g/mol. The monoisotopic (exact) mass is 371 g/mol. The zero-order valence-corrected chi connectivity index (χ0v) is 14.0. The highest BCUT2D eigenvalue weighted by Gasteiger charge is 2.51. The minimum absolute atomic E-state index is 0.00920. The number of carboxylic acid groups (broad SMARTS) is 1. The Kier molecular flexibility index (Phi) is 4.12. The lowest BCUT2D eigenvalue weighted by molar-refractivity contribution is -0.144. The van der Waals surface area contributed by atoms with Gasteiger partial charge in [0.25, 0.3) is 11.6 Å². The van der Waals surface area contributed by atoms with Gasteiger partial charge < -0.3 is 10.4 Å². The van der Waals surface area contributed by atoms with Crippen molar-refractivity contribution in [1.82, 2.24) is 24.9 Å². The second-order valence-electron chi connectivity index (χ2n) is 6.34. The van der Waals surface area contributed by atoms with Crippen LogP contribution in [0, 0.1) is 13.8 Å². The Labute approximate surface area is 145 Å². The van der Waals surface area contributed by atoms with E-state index in [1.807, 2.05) is 0 Å². The Hall–Kier alpha value is -2.72. The van der Waals surface area contributed by atoms with E-state index in [9.17, 15) is 22.8 Å². The summed E-state index contributed by atoms with van der Waals surface area (Å²) < 4.78 is 39.3. The molecule has 1 amide bonds. The smallest absolute Gasteiger partial charge is 0.453 e. The average molecular weight is 371 g/mol. The van der Waals surface area contributed by atoms with E-state index in [1.54, 1.807) is 13.8 Å². The number of alkyl halides is 3. The van der Waals surface area contributed by atoms with Gasteiger partial charge in [0.1, 0.15) is 5.54 Å². The van der Waals surface area contributed by atoms with Crippen molar-refractivity contribution < 1.29 is 27.9 Å². The zero-order valence-electron chi connectivity index (χ0n) is 14.0. The largest absolute Gasteiger partial charge is 0.480 e. The summed E-state index contributed by atoms with van der Waals surface area (Å²) in [6.07, 6.45) is -3.71. The summed E-state index contributed by atoms with van der Waals surface area (Å²) in [4.78, 5) is 30.5. The predicted molar refractivity (Wildman–Crippen MR) is 81.3 cm³/mol. The maximum atomic E-state index is 12.8. The Balaban J connectivity index is 1.79. The van der Waals surface area contributed by atoms with E-state index in [0.29, 0.717) is 29.8 Å². The molecular formula is C15H16F3N5O3. The quantitative estimate of drug-likeness (QED) is 0.823. The van der Waals surface area contributed by atoms with Gasteiger partial charge in [-0.15, -0.1) is 5.10 Å². The number of aromatic nitrogens is 4. The SMILES string of the molecule is Cc1nc2nc(C(F)(F)F)nn2c(C)c1CCC(=O)NC1(C(=O)O)CC1. The van der Waals surface area contributed by atoms with E-state index in [0.717, 1.165) is 4.52 Å². The van der Waals surface area contributed by atoms with Gasteiger partial charge in [0, 0.05) is 17.8 Å². The number of rotatable bonds is 5. The van der Waals surface area contributed by atoms with Crippen molar-refractivity contribution in [2.45, 2.75) is 51.2 Å². The molecule has 2 aromatic heterocycles.